The molecule has 1 atom stereocenters. The number of hydrazine groups is 1. The number of non-ortho nitro benzene ring substituents is 1. The van der Waals surface area contributed by atoms with Gasteiger partial charge in [0.25, 0.3) is 11.6 Å². The van der Waals surface area contributed by atoms with Crippen molar-refractivity contribution in [1.82, 2.24) is 15.5 Å². The zero-order chi connectivity index (χ0) is 15.4. The smallest absolute Gasteiger partial charge is 0.270 e. The summed E-state index contributed by atoms with van der Waals surface area (Å²) in [6.07, 6.45) is 3.24. The van der Waals surface area contributed by atoms with Crippen molar-refractivity contribution >= 4 is 17.3 Å². The molecular formula is C12H14N6O3. The lowest BCUT2D eigenvalue weighted by Gasteiger charge is -2.14. The third-order valence-electron chi connectivity index (χ3n) is 2.98. The average Bonchev–Trinajstić information content (AvgIpc) is 3.00. The van der Waals surface area contributed by atoms with E-state index in [1.807, 2.05) is 0 Å². The van der Waals surface area contributed by atoms with Crippen molar-refractivity contribution in [2.75, 3.05) is 5.43 Å². The number of nitro benzene ring substituents is 1. The van der Waals surface area contributed by atoms with E-state index < -0.39 is 10.8 Å². The van der Waals surface area contributed by atoms with E-state index in [0.29, 0.717) is 5.69 Å². The molecule has 0 aliphatic rings. The van der Waals surface area contributed by atoms with Crippen LogP contribution < -0.4 is 16.6 Å². The number of aromatic nitrogens is 2. The SMILES string of the molecule is CC(NC(=O)c1cc([N+](=O)[O-])ccc1NN)c1cn[nH]c1. The Kier molecular flexibility index (Phi) is 4.14. The number of nitrogen functional groups attached to an aromatic ring is 1. The van der Waals surface area contributed by atoms with Gasteiger partial charge in [0.1, 0.15) is 0 Å². The van der Waals surface area contributed by atoms with Crippen LogP contribution in [0.25, 0.3) is 0 Å². The lowest BCUT2D eigenvalue weighted by Crippen LogP contribution is -2.27. The standard InChI is InChI=1S/C12H14N6O3/c1-7(8-5-14-15-6-8)16-12(19)10-4-9(18(20)21)2-3-11(10)17-13/h2-7,17H,13H2,1H3,(H,14,15)(H,16,19). The van der Waals surface area contributed by atoms with Crippen molar-refractivity contribution in [3.63, 3.8) is 0 Å². The van der Waals surface area contributed by atoms with Gasteiger partial charge in [0.05, 0.1) is 28.4 Å². The highest BCUT2D eigenvalue weighted by atomic mass is 16.6. The van der Waals surface area contributed by atoms with E-state index in [-0.39, 0.29) is 17.3 Å². The van der Waals surface area contributed by atoms with Crippen LogP contribution in [0.4, 0.5) is 11.4 Å². The molecule has 5 N–H and O–H groups in total. The molecule has 0 bridgehead atoms. The molecule has 0 saturated carbocycles. The molecule has 0 saturated heterocycles. The second-order valence-electron chi connectivity index (χ2n) is 4.36. The van der Waals surface area contributed by atoms with Gasteiger partial charge in [-0.25, -0.2) is 0 Å². The quantitative estimate of drug-likeness (QED) is 0.369. The van der Waals surface area contributed by atoms with Crippen LogP contribution in [-0.2, 0) is 0 Å². The van der Waals surface area contributed by atoms with Gasteiger partial charge in [-0.15, -0.1) is 0 Å². The maximum Gasteiger partial charge on any atom is 0.270 e. The fourth-order valence-corrected chi connectivity index (χ4v) is 1.81. The molecule has 1 unspecified atom stereocenters. The predicted molar refractivity (Wildman–Crippen MR) is 75.4 cm³/mol. The van der Waals surface area contributed by atoms with Crippen LogP contribution in [0.3, 0.4) is 0 Å². The third kappa shape index (κ3) is 3.15. The highest BCUT2D eigenvalue weighted by Crippen LogP contribution is 2.22. The summed E-state index contributed by atoms with van der Waals surface area (Å²) in [6, 6.07) is 3.52. The summed E-state index contributed by atoms with van der Waals surface area (Å²) < 4.78 is 0. The minimum atomic E-state index is -0.573. The second kappa shape index (κ2) is 6.01. The number of benzene rings is 1. The Morgan fingerprint density at radius 3 is 2.86 bits per heavy atom. The van der Waals surface area contributed by atoms with E-state index in [1.165, 1.54) is 18.2 Å². The van der Waals surface area contributed by atoms with E-state index >= 15 is 0 Å². The molecule has 9 nitrogen and oxygen atoms in total. The molecule has 21 heavy (non-hydrogen) atoms. The van der Waals surface area contributed by atoms with Crippen LogP contribution in [0.1, 0.15) is 28.9 Å². The Morgan fingerprint density at radius 1 is 1.52 bits per heavy atom. The van der Waals surface area contributed by atoms with Gasteiger partial charge in [0.2, 0.25) is 0 Å². The van der Waals surface area contributed by atoms with Crippen molar-refractivity contribution in [2.24, 2.45) is 5.84 Å². The van der Waals surface area contributed by atoms with Crippen LogP contribution in [0, 0.1) is 10.1 Å². The molecule has 2 rings (SSSR count). The zero-order valence-corrected chi connectivity index (χ0v) is 11.2. The number of hydrogen-bond donors (Lipinski definition) is 4. The normalized spacial score (nSPS) is 11.7. The molecule has 0 spiro atoms. The molecule has 0 fully saturated rings. The van der Waals surface area contributed by atoms with Gasteiger partial charge in [0, 0.05) is 23.9 Å². The number of hydrogen-bond acceptors (Lipinski definition) is 6. The summed E-state index contributed by atoms with van der Waals surface area (Å²) in [4.78, 5) is 22.5. The molecule has 110 valence electrons. The third-order valence-corrected chi connectivity index (χ3v) is 2.98. The molecule has 1 heterocycles. The molecule has 2 aromatic rings. The van der Waals surface area contributed by atoms with Gasteiger partial charge in [-0.2, -0.15) is 5.10 Å². The summed E-state index contributed by atoms with van der Waals surface area (Å²) in [5.41, 5.74) is 3.35. The number of carbonyl (C=O) groups is 1. The van der Waals surface area contributed by atoms with Crippen LogP contribution >= 0.6 is 0 Å². The molecule has 1 aromatic carbocycles. The minimum absolute atomic E-state index is 0.0991. The van der Waals surface area contributed by atoms with E-state index in [9.17, 15) is 14.9 Å². The van der Waals surface area contributed by atoms with Crippen molar-refractivity contribution in [3.8, 4) is 0 Å². The van der Waals surface area contributed by atoms with E-state index in [4.69, 9.17) is 5.84 Å². The van der Waals surface area contributed by atoms with Crippen LogP contribution in [0.15, 0.2) is 30.6 Å². The van der Waals surface area contributed by atoms with E-state index in [2.05, 4.69) is 20.9 Å². The Morgan fingerprint density at radius 2 is 2.29 bits per heavy atom. The van der Waals surface area contributed by atoms with Gasteiger partial charge in [0.15, 0.2) is 0 Å². The van der Waals surface area contributed by atoms with Gasteiger partial charge < -0.3 is 10.7 Å². The Labute approximate surface area is 119 Å². The van der Waals surface area contributed by atoms with Crippen molar-refractivity contribution < 1.29 is 9.72 Å². The van der Waals surface area contributed by atoms with Crippen LogP contribution in [0.5, 0.6) is 0 Å². The summed E-state index contributed by atoms with van der Waals surface area (Å²) in [5.74, 6) is 4.85. The van der Waals surface area contributed by atoms with Crippen LogP contribution in [-0.4, -0.2) is 21.0 Å². The first-order chi connectivity index (χ1) is 10.0. The fourth-order valence-electron chi connectivity index (χ4n) is 1.81. The highest BCUT2D eigenvalue weighted by Gasteiger charge is 2.18. The molecule has 1 amide bonds. The molecular weight excluding hydrogens is 276 g/mol. The van der Waals surface area contributed by atoms with Gasteiger partial charge in [-0.05, 0) is 13.0 Å². The number of nitrogens with two attached hydrogens (primary N) is 1. The van der Waals surface area contributed by atoms with Crippen molar-refractivity contribution in [1.29, 1.82) is 0 Å². The Bertz CT molecular complexity index is 655. The first-order valence-electron chi connectivity index (χ1n) is 6.07. The van der Waals surface area contributed by atoms with Crippen molar-refractivity contribution in [3.05, 3.63) is 51.8 Å². The molecule has 0 radical (unpaired) electrons. The number of nitrogens with zero attached hydrogens (tertiary/aromatic N) is 2. The Hall–Kier alpha value is -2.94. The van der Waals surface area contributed by atoms with Gasteiger partial charge >= 0.3 is 0 Å². The fraction of sp³-hybridized carbons (Fsp3) is 0.167. The average molecular weight is 290 g/mol. The predicted octanol–water partition coefficient (Wildman–Crippen LogP) is 1.09. The van der Waals surface area contributed by atoms with E-state index in [1.54, 1.807) is 19.3 Å². The minimum Gasteiger partial charge on any atom is -0.345 e. The Balaban J connectivity index is 2.25. The van der Waals surface area contributed by atoms with Crippen LogP contribution in [0.2, 0.25) is 0 Å². The number of amides is 1. The number of nitrogens with one attached hydrogen (secondary N) is 3. The molecule has 0 aliphatic carbocycles. The van der Waals surface area contributed by atoms with E-state index in [0.717, 1.165) is 5.56 Å². The second-order valence-corrected chi connectivity index (χ2v) is 4.36. The lowest BCUT2D eigenvalue weighted by atomic mass is 10.1. The van der Waals surface area contributed by atoms with Crippen molar-refractivity contribution in [2.45, 2.75) is 13.0 Å². The maximum absolute atomic E-state index is 12.2. The first kappa shape index (κ1) is 14.5. The largest absolute Gasteiger partial charge is 0.345 e. The number of H-pyrrole nitrogens is 1. The monoisotopic (exact) mass is 290 g/mol. The van der Waals surface area contributed by atoms with Gasteiger partial charge in [-0.3, -0.25) is 25.9 Å². The molecule has 0 aliphatic heterocycles. The lowest BCUT2D eigenvalue weighted by molar-refractivity contribution is -0.384. The topological polar surface area (TPSA) is 139 Å². The summed E-state index contributed by atoms with van der Waals surface area (Å²) in [6.45, 7) is 1.77. The number of rotatable bonds is 5. The van der Waals surface area contributed by atoms with Gasteiger partial charge in [-0.1, -0.05) is 0 Å². The number of carbonyl (C=O) groups excluding carboxylic acids is 1. The number of nitro groups is 1. The number of anilines is 1. The highest BCUT2D eigenvalue weighted by molar-refractivity contribution is 6.00. The molecule has 9 heteroatoms. The summed E-state index contributed by atoms with van der Waals surface area (Å²) in [5, 5.41) is 20.0. The number of aromatic amines is 1. The first-order valence-corrected chi connectivity index (χ1v) is 6.07. The molecule has 1 aromatic heterocycles. The summed E-state index contributed by atoms with van der Waals surface area (Å²) >= 11 is 0. The maximum atomic E-state index is 12.2. The zero-order valence-electron chi connectivity index (χ0n) is 11.2. The summed E-state index contributed by atoms with van der Waals surface area (Å²) in [7, 11) is 0.